The van der Waals surface area contributed by atoms with Crippen molar-refractivity contribution in [2.45, 2.75) is 13.3 Å². The minimum atomic E-state index is -1.29. The average molecular weight is 266 g/mol. The van der Waals surface area contributed by atoms with Crippen LogP contribution in [0.1, 0.15) is 23.1 Å². The van der Waals surface area contributed by atoms with Crippen molar-refractivity contribution in [1.29, 1.82) is 0 Å². The van der Waals surface area contributed by atoms with E-state index in [9.17, 15) is 9.18 Å². The third kappa shape index (κ3) is 2.90. The number of imidazole rings is 1. The van der Waals surface area contributed by atoms with Gasteiger partial charge in [-0.2, -0.15) is 0 Å². The highest BCUT2D eigenvalue weighted by Gasteiger charge is 2.14. The third-order valence-corrected chi connectivity index (χ3v) is 2.84. The number of carbonyl (C=O) groups is 1. The van der Waals surface area contributed by atoms with Gasteiger partial charge in [0.1, 0.15) is 11.6 Å². The smallest absolute Gasteiger partial charge is 0.338 e. The van der Waals surface area contributed by atoms with E-state index in [1.165, 1.54) is 6.07 Å². The van der Waals surface area contributed by atoms with E-state index < -0.39 is 11.8 Å². The highest BCUT2D eigenvalue weighted by atomic mass is 19.1. The molecule has 0 aliphatic carbocycles. The predicted molar refractivity (Wildman–Crippen MR) is 67.8 cm³/mol. The molecule has 102 valence electrons. The maximum absolute atomic E-state index is 13.5. The van der Waals surface area contributed by atoms with Gasteiger partial charge < -0.3 is 14.8 Å². The molecule has 1 aromatic carbocycles. The van der Waals surface area contributed by atoms with Crippen molar-refractivity contribution in [2.24, 2.45) is 5.92 Å². The Morgan fingerprint density at radius 2 is 2.32 bits per heavy atom. The van der Waals surface area contributed by atoms with Gasteiger partial charge in [0.2, 0.25) is 0 Å². The van der Waals surface area contributed by atoms with Crippen molar-refractivity contribution in [3.63, 3.8) is 0 Å². The van der Waals surface area contributed by atoms with Gasteiger partial charge in [0, 0.05) is 26.2 Å². The molecule has 0 amide bonds. The van der Waals surface area contributed by atoms with Crippen LogP contribution >= 0.6 is 0 Å². The van der Waals surface area contributed by atoms with Crippen LogP contribution in [0.4, 0.5) is 4.39 Å². The number of hydrogen-bond donors (Lipinski definition) is 2. The van der Waals surface area contributed by atoms with Gasteiger partial charge in [0.25, 0.3) is 0 Å². The lowest BCUT2D eigenvalue weighted by atomic mass is 10.1. The Balaban J connectivity index is 2.32. The van der Waals surface area contributed by atoms with E-state index in [0.717, 1.165) is 6.07 Å². The van der Waals surface area contributed by atoms with Gasteiger partial charge in [-0.3, -0.25) is 0 Å². The standard InChI is InChI=1S/C13H15FN2O3/c1-7(6-19-2)3-12-15-10-4-8(13(17)18)9(14)5-11(10)16-12/h4-5,7H,3,6H2,1-2H3,(H,15,16)(H,17,18). The zero-order valence-corrected chi connectivity index (χ0v) is 10.7. The highest BCUT2D eigenvalue weighted by Crippen LogP contribution is 2.19. The third-order valence-electron chi connectivity index (χ3n) is 2.84. The number of benzene rings is 1. The highest BCUT2D eigenvalue weighted by molar-refractivity contribution is 5.92. The first-order valence-corrected chi connectivity index (χ1v) is 5.91. The summed E-state index contributed by atoms with van der Waals surface area (Å²) in [6.45, 7) is 2.62. The molecular formula is C13H15FN2O3. The molecule has 2 aromatic rings. The van der Waals surface area contributed by atoms with E-state index in [0.29, 0.717) is 29.9 Å². The van der Waals surface area contributed by atoms with Crippen molar-refractivity contribution in [1.82, 2.24) is 9.97 Å². The molecule has 0 saturated carbocycles. The molecule has 0 aliphatic heterocycles. The average Bonchev–Trinajstić information content (AvgIpc) is 2.68. The number of nitrogens with zero attached hydrogens (tertiary/aromatic N) is 1. The van der Waals surface area contributed by atoms with Crippen molar-refractivity contribution in [3.8, 4) is 0 Å². The van der Waals surface area contributed by atoms with Crippen LogP contribution < -0.4 is 0 Å². The number of ether oxygens (including phenoxy) is 1. The molecule has 5 nitrogen and oxygen atoms in total. The topological polar surface area (TPSA) is 75.2 Å². The molecule has 2 rings (SSSR count). The molecule has 1 atom stereocenters. The summed E-state index contributed by atoms with van der Waals surface area (Å²) in [4.78, 5) is 18.1. The van der Waals surface area contributed by atoms with E-state index >= 15 is 0 Å². The van der Waals surface area contributed by atoms with Gasteiger partial charge in [-0.1, -0.05) is 6.92 Å². The fourth-order valence-electron chi connectivity index (χ4n) is 2.02. The van der Waals surface area contributed by atoms with Crippen LogP contribution in [0.15, 0.2) is 12.1 Å². The largest absolute Gasteiger partial charge is 0.478 e. The van der Waals surface area contributed by atoms with E-state index in [-0.39, 0.29) is 11.5 Å². The number of methoxy groups -OCH3 is 1. The lowest BCUT2D eigenvalue weighted by Gasteiger charge is -2.06. The second kappa shape index (κ2) is 5.36. The number of aromatic amines is 1. The second-order valence-corrected chi connectivity index (χ2v) is 4.60. The number of aromatic carboxylic acids is 1. The number of hydrogen-bond acceptors (Lipinski definition) is 3. The number of fused-ring (bicyclic) bond motifs is 1. The Morgan fingerprint density at radius 3 is 2.95 bits per heavy atom. The van der Waals surface area contributed by atoms with Gasteiger partial charge >= 0.3 is 5.97 Å². The van der Waals surface area contributed by atoms with E-state index in [1.54, 1.807) is 7.11 Å². The first-order valence-electron chi connectivity index (χ1n) is 5.91. The predicted octanol–water partition coefficient (Wildman–Crippen LogP) is 2.23. The molecular weight excluding hydrogens is 251 g/mol. The number of H-pyrrole nitrogens is 1. The van der Waals surface area contributed by atoms with E-state index in [4.69, 9.17) is 9.84 Å². The molecule has 1 unspecified atom stereocenters. The van der Waals surface area contributed by atoms with E-state index in [1.807, 2.05) is 6.92 Å². The second-order valence-electron chi connectivity index (χ2n) is 4.60. The molecule has 0 fully saturated rings. The van der Waals surface area contributed by atoms with Gasteiger partial charge in [-0.05, 0) is 12.0 Å². The minimum Gasteiger partial charge on any atom is -0.478 e. The number of halogens is 1. The Morgan fingerprint density at radius 1 is 1.58 bits per heavy atom. The van der Waals surface area contributed by atoms with Gasteiger partial charge in [-0.15, -0.1) is 0 Å². The molecule has 1 heterocycles. The first kappa shape index (κ1) is 13.5. The maximum Gasteiger partial charge on any atom is 0.338 e. The van der Waals surface area contributed by atoms with Gasteiger partial charge in [-0.25, -0.2) is 14.2 Å². The summed E-state index contributed by atoms with van der Waals surface area (Å²) in [5.41, 5.74) is 0.594. The molecule has 2 N–H and O–H groups in total. The Bertz CT molecular complexity index is 609. The van der Waals surface area contributed by atoms with Crippen LogP contribution in [0.25, 0.3) is 11.0 Å². The van der Waals surface area contributed by atoms with Gasteiger partial charge in [0.05, 0.1) is 16.6 Å². The number of aromatic nitrogens is 2. The Kier molecular flexibility index (Phi) is 3.80. The molecule has 6 heteroatoms. The number of carboxylic acids is 1. The van der Waals surface area contributed by atoms with Gasteiger partial charge in [0.15, 0.2) is 0 Å². The number of carboxylic acid groups (broad SMARTS) is 1. The fraction of sp³-hybridized carbons (Fsp3) is 0.385. The molecule has 1 aromatic heterocycles. The monoisotopic (exact) mass is 266 g/mol. The summed E-state index contributed by atoms with van der Waals surface area (Å²) < 4.78 is 18.6. The Labute approximate surface area is 109 Å². The molecule has 0 radical (unpaired) electrons. The zero-order valence-electron chi connectivity index (χ0n) is 10.7. The summed E-state index contributed by atoms with van der Waals surface area (Å²) in [5, 5.41) is 8.85. The molecule has 0 bridgehead atoms. The van der Waals surface area contributed by atoms with Crippen molar-refractivity contribution < 1.29 is 19.0 Å². The van der Waals surface area contributed by atoms with Crippen LogP contribution in [0.3, 0.4) is 0 Å². The van der Waals surface area contributed by atoms with Crippen LogP contribution in [0.2, 0.25) is 0 Å². The lowest BCUT2D eigenvalue weighted by molar-refractivity contribution is 0.0692. The van der Waals surface area contributed by atoms with Crippen LogP contribution in [-0.4, -0.2) is 34.8 Å². The summed E-state index contributed by atoms with van der Waals surface area (Å²) in [6, 6.07) is 2.41. The van der Waals surface area contributed by atoms with Crippen LogP contribution in [0, 0.1) is 11.7 Å². The van der Waals surface area contributed by atoms with Crippen molar-refractivity contribution in [3.05, 3.63) is 29.3 Å². The normalized spacial score (nSPS) is 12.8. The van der Waals surface area contributed by atoms with E-state index in [2.05, 4.69) is 9.97 Å². The lowest BCUT2D eigenvalue weighted by Crippen LogP contribution is -2.07. The molecule has 19 heavy (non-hydrogen) atoms. The fourth-order valence-corrected chi connectivity index (χ4v) is 2.02. The van der Waals surface area contributed by atoms with Crippen molar-refractivity contribution >= 4 is 17.0 Å². The number of rotatable bonds is 5. The maximum atomic E-state index is 13.5. The van der Waals surface area contributed by atoms with Crippen LogP contribution in [-0.2, 0) is 11.2 Å². The summed E-state index contributed by atoms with van der Waals surface area (Å²) >= 11 is 0. The molecule has 0 saturated heterocycles. The summed E-state index contributed by atoms with van der Waals surface area (Å²) in [7, 11) is 1.63. The van der Waals surface area contributed by atoms with Crippen molar-refractivity contribution in [2.75, 3.05) is 13.7 Å². The summed E-state index contributed by atoms with van der Waals surface area (Å²) in [6.07, 6.45) is 0.659. The first-order chi connectivity index (χ1) is 9.01. The summed E-state index contributed by atoms with van der Waals surface area (Å²) in [5.74, 6) is -1.09. The molecule has 0 spiro atoms. The quantitative estimate of drug-likeness (QED) is 0.870. The number of nitrogens with one attached hydrogen (secondary N) is 1. The Hall–Kier alpha value is -1.95. The minimum absolute atomic E-state index is 0.273. The van der Waals surface area contributed by atoms with Crippen LogP contribution in [0.5, 0.6) is 0 Å². The SMILES string of the molecule is COCC(C)Cc1nc2cc(C(=O)O)c(F)cc2[nH]1. The zero-order chi connectivity index (χ0) is 14.0. The molecule has 0 aliphatic rings.